The molecule has 190 valence electrons. The summed E-state index contributed by atoms with van der Waals surface area (Å²) in [7, 11) is 1.60. The fourth-order valence-electron chi connectivity index (χ4n) is 4.45. The second kappa shape index (κ2) is 11.8. The zero-order valence-corrected chi connectivity index (χ0v) is 21.9. The van der Waals surface area contributed by atoms with Gasteiger partial charge in [-0.1, -0.05) is 30.3 Å². The number of hydrogen-bond donors (Lipinski definition) is 1. The van der Waals surface area contributed by atoms with Crippen molar-refractivity contribution in [3.05, 3.63) is 105 Å². The van der Waals surface area contributed by atoms with Crippen molar-refractivity contribution in [3.63, 3.8) is 0 Å². The van der Waals surface area contributed by atoms with Gasteiger partial charge < -0.3 is 14.8 Å². The van der Waals surface area contributed by atoms with Gasteiger partial charge in [-0.05, 0) is 84.8 Å². The Morgan fingerprint density at radius 1 is 1.05 bits per heavy atom. The summed E-state index contributed by atoms with van der Waals surface area (Å²) in [6.45, 7) is 0.357. The smallest absolute Gasteiger partial charge is 0.259 e. The van der Waals surface area contributed by atoms with Gasteiger partial charge in [-0.15, -0.1) is 11.3 Å². The van der Waals surface area contributed by atoms with E-state index in [2.05, 4.69) is 11.4 Å². The van der Waals surface area contributed by atoms with E-state index in [9.17, 15) is 4.79 Å². The number of anilines is 1. The predicted octanol–water partition coefficient (Wildman–Crippen LogP) is 7.09. The maximum Gasteiger partial charge on any atom is 0.259 e. The largest absolute Gasteiger partial charge is 0.493 e. The van der Waals surface area contributed by atoms with Crippen LogP contribution in [0.4, 0.5) is 10.7 Å². The molecule has 1 amide bonds. The van der Waals surface area contributed by atoms with E-state index in [1.165, 1.54) is 4.88 Å². The number of amides is 1. The minimum Gasteiger partial charge on any atom is -0.493 e. The van der Waals surface area contributed by atoms with Crippen LogP contribution in [0.2, 0.25) is 0 Å². The van der Waals surface area contributed by atoms with Gasteiger partial charge in [0.15, 0.2) is 11.5 Å². The number of carbonyl (C=O) groups is 1. The van der Waals surface area contributed by atoms with Crippen LogP contribution in [0, 0.1) is 11.3 Å². The number of fused-ring (bicyclic) bond motifs is 1. The molecular formula is C31H27N3O3S. The van der Waals surface area contributed by atoms with Gasteiger partial charge in [-0.3, -0.25) is 4.79 Å². The lowest BCUT2D eigenvalue weighted by atomic mass is 9.95. The van der Waals surface area contributed by atoms with Crippen molar-refractivity contribution < 1.29 is 14.3 Å². The molecule has 1 heterocycles. The molecule has 0 atom stereocenters. The number of aryl methyl sites for hydroxylation is 1. The summed E-state index contributed by atoms with van der Waals surface area (Å²) in [5.41, 5.74) is 4.99. The lowest BCUT2D eigenvalue weighted by molar-refractivity contribution is 0.102. The third-order valence-electron chi connectivity index (χ3n) is 6.41. The van der Waals surface area contributed by atoms with Gasteiger partial charge >= 0.3 is 0 Å². The minimum absolute atomic E-state index is 0.119. The van der Waals surface area contributed by atoms with Crippen LogP contribution in [0.3, 0.4) is 0 Å². The lowest BCUT2D eigenvalue weighted by Gasteiger charge is -2.13. The molecule has 1 aliphatic carbocycles. The summed E-state index contributed by atoms with van der Waals surface area (Å²) in [6, 6.07) is 24.5. The highest BCUT2D eigenvalue weighted by atomic mass is 32.1. The van der Waals surface area contributed by atoms with E-state index in [1.807, 2.05) is 60.7 Å². The van der Waals surface area contributed by atoms with E-state index in [0.29, 0.717) is 29.2 Å². The number of thiophene rings is 1. The zero-order chi connectivity index (χ0) is 26.3. The first-order chi connectivity index (χ1) is 18.6. The molecule has 38 heavy (non-hydrogen) atoms. The molecule has 0 spiro atoms. The Morgan fingerprint density at radius 2 is 1.84 bits per heavy atom. The average molecular weight is 522 g/mol. The molecule has 0 aliphatic heterocycles. The first-order valence-corrected chi connectivity index (χ1v) is 13.3. The predicted molar refractivity (Wildman–Crippen MR) is 151 cm³/mol. The Hall–Kier alpha value is -4.41. The van der Waals surface area contributed by atoms with E-state index in [0.717, 1.165) is 53.1 Å². The van der Waals surface area contributed by atoms with E-state index in [1.54, 1.807) is 36.8 Å². The quantitative estimate of drug-likeness (QED) is 0.251. The molecule has 1 aliphatic rings. The molecular weight excluding hydrogens is 494 g/mol. The third kappa shape index (κ3) is 5.77. The van der Waals surface area contributed by atoms with Crippen molar-refractivity contribution in [3.8, 4) is 17.6 Å². The van der Waals surface area contributed by atoms with Crippen LogP contribution in [0.5, 0.6) is 11.5 Å². The van der Waals surface area contributed by atoms with Gasteiger partial charge in [0.05, 0.1) is 24.3 Å². The van der Waals surface area contributed by atoms with Crippen LogP contribution < -0.4 is 14.8 Å². The minimum atomic E-state index is -0.119. The molecule has 0 saturated heterocycles. The van der Waals surface area contributed by atoms with Crippen molar-refractivity contribution in [1.82, 2.24) is 0 Å². The van der Waals surface area contributed by atoms with E-state index < -0.39 is 0 Å². The number of carbonyl (C=O) groups excluding carboxylic acids is 1. The highest BCUT2D eigenvalue weighted by Gasteiger charge is 2.25. The Bertz CT molecular complexity index is 1500. The Kier molecular flexibility index (Phi) is 7.81. The summed E-state index contributed by atoms with van der Waals surface area (Å²) >= 11 is 1.61. The molecule has 0 fully saturated rings. The number of para-hydroxylation sites is 1. The van der Waals surface area contributed by atoms with Gasteiger partial charge in [0, 0.05) is 16.8 Å². The molecule has 0 unspecified atom stereocenters. The third-order valence-corrected chi connectivity index (χ3v) is 7.61. The number of nitrogens with one attached hydrogen (secondary N) is 1. The summed E-state index contributed by atoms with van der Waals surface area (Å²) < 4.78 is 11.5. The van der Waals surface area contributed by atoms with Crippen molar-refractivity contribution in [2.75, 3.05) is 12.4 Å². The zero-order valence-electron chi connectivity index (χ0n) is 21.1. The fraction of sp³-hybridized carbons (Fsp3) is 0.194. The molecule has 1 N–H and O–H groups in total. The van der Waals surface area contributed by atoms with Gasteiger partial charge in [0.25, 0.3) is 5.91 Å². The second-order valence-electron chi connectivity index (χ2n) is 8.98. The average Bonchev–Trinajstić information content (AvgIpc) is 3.34. The van der Waals surface area contributed by atoms with Gasteiger partial charge in [-0.25, -0.2) is 4.99 Å². The Labute approximate surface area is 226 Å². The molecule has 3 aromatic carbocycles. The number of hydrogen-bond acceptors (Lipinski definition) is 6. The summed E-state index contributed by atoms with van der Waals surface area (Å²) in [5, 5.41) is 12.7. The van der Waals surface area contributed by atoms with Crippen molar-refractivity contribution in [2.24, 2.45) is 4.99 Å². The topological polar surface area (TPSA) is 83.7 Å². The standard InChI is InChI=1S/C31H27N3O3S/c1-36-27-17-23(15-16-26(27)37-20-22-13-11-21(18-32)12-14-22)19-33-31-29(25-9-5-6-10-28(25)38-31)30(35)34-24-7-3-2-4-8-24/h2-4,7-8,11-17,19H,5-6,9-10,20H2,1H3,(H,34,35). The van der Waals surface area contributed by atoms with Crippen LogP contribution >= 0.6 is 11.3 Å². The molecule has 0 saturated carbocycles. The van der Waals surface area contributed by atoms with E-state index >= 15 is 0 Å². The highest BCUT2D eigenvalue weighted by molar-refractivity contribution is 7.16. The van der Waals surface area contributed by atoms with Crippen LogP contribution in [-0.4, -0.2) is 19.2 Å². The number of benzene rings is 3. The highest BCUT2D eigenvalue weighted by Crippen LogP contribution is 2.40. The normalized spacial score (nSPS) is 12.5. The molecule has 4 aromatic rings. The molecule has 7 heteroatoms. The van der Waals surface area contributed by atoms with Crippen molar-refractivity contribution in [1.29, 1.82) is 5.26 Å². The van der Waals surface area contributed by atoms with Crippen molar-refractivity contribution in [2.45, 2.75) is 32.3 Å². The monoisotopic (exact) mass is 521 g/mol. The Morgan fingerprint density at radius 3 is 2.61 bits per heavy atom. The lowest BCUT2D eigenvalue weighted by Crippen LogP contribution is -2.14. The van der Waals surface area contributed by atoms with Crippen LogP contribution in [-0.2, 0) is 19.4 Å². The molecule has 1 aromatic heterocycles. The van der Waals surface area contributed by atoms with Gasteiger partial charge in [0.1, 0.15) is 11.6 Å². The van der Waals surface area contributed by atoms with Crippen LogP contribution in [0.15, 0.2) is 77.8 Å². The molecule has 5 rings (SSSR count). The Balaban J connectivity index is 1.35. The number of rotatable bonds is 8. The van der Waals surface area contributed by atoms with E-state index in [-0.39, 0.29) is 5.91 Å². The number of ether oxygens (including phenoxy) is 2. The van der Waals surface area contributed by atoms with E-state index in [4.69, 9.17) is 19.7 Å². The van der Waals surface area contributed by atoms with Gasteiger partial charge in [-0.2, -0.15) is 5.26 Å². The van der Waals surface area contributed by atoms with Crippen molar-refractivity contribution >= 4 is 34.1 Å². The second-order valence-corrected chi connectivity index (χ2v) is 10.1. The molecule has 0 bridgehead atoms. The molecule has 6 nitrogen and oxygen atoms in total. The van der Waals surface area contributed by atoms with Crippen LogP contribution in [0.1, 0.15) is 50.3 Å². The number of nitriles is 1. The molecule has 0 radical (unpaired) electrons. The number of methoxy groups -OCH3 is 1. The summed E-state index contributed by atoms with van der Waals surface area (Å²) in [6.07, 6.45) is 5.87. The summed E-state index contributed by atoms with van der Waals surface area (Å²) in [5.74, 6) is 1.09. The first-order valence-electron chi connectivity index (χ1n) is 12.5. The number of aliphatic imine (C=N–C) groups is 1. The number of nitrogens with zero attached hydrogens (tertiary/aromatic N) is 2. The SMILES string of the molecule is COc1cc(C=Nc2sc3c(c2C(=O)Nc2ccccc2)CCCC3)ccc1OCc1ccc(C#N)cc1. The van der Waals surface area contributed by atoms with Crippen LogP contribution in [0.25, 0.3) is 0 Å². The first kappa shape index (κ1) is 25.2. The maximum atomic E-state index is 13.3. The fourth-order valence-corrected chi connectivity index (χ4v) is 5.68. The maximum absolute atomic E-state index is 13.3. The van der Waals surface area contributed by atoms with Gasteiger partial charge in [0.2, 0.25) is 0 Å². The summed E-state index contributed by atoms with van der Waals surface area (Å²) in [4.78, 5) is 19.3.